The van der Waals surface area contributed by atoms with Gasteiger partial charge in [-0.2, -0.15) is 13.2 Å². The van der Waals surface area contributed by atoms with Gasteiger partial charge in [0.05, 0.1) is 35.0 Å². The van der Waals surface area contributed by atoms with Crippen molar-refractivity contribution < 1.29 is 18.0 Å². The highest BCUT2D eigenvalue weighted by Gasteiger charge is 2.30. The van der Waals surface area contributed by atoms with Gasteiger partial charge in [0.1, 0.15) is 0 Å². The molecule has 122 valence electrons. The lowest BCUT2D eigenvalue weighted by Crippen LogP contribution is -2.23. The number of benzene rings is 2. The summed E-state index contributed by atoms with van der Waals surface area (Å²) >= 11 is 0. The molecule has 0 radical (unpaired) electrons. The summed E-state index contributed by atoms with van der Waals surface area (Å²) in [7, 11) is 0. The Labute approximate surface area is 135 Å². The number of fused-ring (bicyclic) bond motifs is 1. The van der Waals surface area contributed by atoms with Crippen LogP contribution in [0.2, 0.25) is 0 Å². The second-order valence-electron chi connectivity index (χ2n) is 5.11. The van der Waals surface area contributed by atoms with Crippen molar-refractivity contribution in [3.63, 3.8) is 0 Å². The molecule has 1 heterocycles. The largest absolute Gasteiger partial charge is 0.416 e. The van der Waals surface area contributed by atoms with Crippen LogP contribution in [0.5, 0.6) is 0 Å². The van der Waals surface area contributed by atoms with Crippen molar-refractivity contribution in [2.75, 3.05) is 0 Å². The Balaban J connectivity index is 1.68. The molecular formula is C17H12F3N3O. The zero-order valence-electron chi connectivity index (χ0n) is 12.3. The summed E-state index contributed by atoms with van der Waals surface area (Å²) in [5.41, 5.74) is 1.37. The number of para-hydroxylation sites is 2. The van der Waals surface area contributed by atoms with Gasteiger partial charge < -0.3 is 5.32 Å². The molecule has 0 atom stereocenters. The maximum Gasteiger partial charge on any atom is 0.416 e. The van der Waals surface area contributed by atoms with Gasteiger partial charge in [0.25, 0.3) is 5.91 Å². The van der Waals surface area contributed by atoms with Crippen molar-refractivity contribution in [2.24, 2.45) is 0 Å². The molecule has 0 aliphatic carbocycles. The quantitative estimate of drug-likeness (QED) is 0.798. The Morgan fingerprint density at radius 3 is 2.33 bits per heavy atom. The minimum atomic E-state index is -4.42. The van der Waals surface area contributed by atoms with Crippen LogP contribution in [-0.4, -0.2) is 15.9 Å². The molecule has 0 aliphatic heterocycles. The number of hydrogen-bond acceptors (Lipinski definition) is 3. The lowest BCUT2D eigenvalue weighted by atomic mass is 10.1. The van der Waals surface area contributed by atoms with Gasteiger partial charge in [-0.05, 0) is 36.4 Å². The van der Waals surface area contributed by atoms with E-state index in [4.69, 9.17) is 0 Å². The van der Waals surface area contributed by atoms with Crippen LogP contribution < -0.4 is 5.32 Å². The Morgan fingerprint density at radius 2 is 1.67 bits per heavy atom. The first kappa shape index (κ1) is 15.9. The smallest absolute Gasteiger partial charge is 0.346 e. The molecule has 1 aromatic heterocycles. The highest BCUT2D eigenvalue weighted by molar-refractivity contribution is 5.94. The third kappa shape index (κ3) is 3.51. The first-order chi connectivity index (χ1) is 11.4. The predicted molar refractivity (Wildman–Crippen MR) is 82.2 cm³/mol. The summed E-state index contributed by atoms with van der Waals surface area (Å²) < 4.78 is 37.5. The third-order valence-electron chi connectivity index (χ3n) is 3.40. The number of nitrogens with zero attached hydrogens (tertiary/aromatic N) is 2. The maximum atomic E-state index is 12.5. The van der Waals surface area contributed by atoms with Crippen molar-refractivity contribution in [1.82, 2.24) is 15.3 Å². The minimum Gasteiger partial charge on any atom is -0.346 e. The fourth-order valence-corrected chi connectivity index (χ4v) is 2.16. The SMILES string of the molecule is O=C(NCc1cnc2ccccc2n1)c1ccc(C(F)(F)F)cc1. The van der Waals surface area contributed by atoms with Gasteiger partial charge in [-0.3, -0.25) is 9.78 Å². The molecule has 2 aromatic carbocycles. The molecule has 4 nitrogen and oxygen atoms in total. The average Bonchev–Trinajstić information content (AvgIpc) is 2.59. The van der Waals surface area contributed by atoms with Crippen LogP contribution in [0.4, 0.5) is 13.2 Å². The zero-order valence-corrected chi connectivity index (χ0v) is 12.3. The molecule has 7 heteroatoms. The lowest BCUT2D eigenvalue weighted by Gasteiger charge is -2.08. The minimum absolute atomic E-state index is 0.137. The van der Waals surface area contributed by atoms with Gasteiger partial charge in [0.15, 0.2) is 0 Å². The third-order valence-corrected chi connectivity index (χ3v) is 3.40. The van der Waals surface area contributed by atoms with Crippen LogP contribution in [0.1, 0.15) is 21.6 Å². The molecule has 1 amide bonds. The fourth-order valence-electron chi connectivity index (χ4n) is 2.16. The summed E-state index contributed by atoms with van der Waals surface area (Å²) in [6.45, 7) is 0.137. The van der Waals surface area contributed by atoms with E-state index in [1.165, 1.54) is 0 Å². The van der Waals surface area contributed by atoms with Crippen molar-refractivity contribution >= 4 is 16.9 Å². The van der Waals surface area contributed by atoms with Gasteiger partial charge >= 0.3 is 6.18 Å². The van der Waals surface area contributed by atoms with Crippen LogP contribution in [0.15, 0.2) is 54.7 Å². The fraction of sp³-hybridized carbons (Fsp3) is 0.118. The lowest BCUT2D eigenvalue weighted by molar-refractivity contribution is -0.137. The number of amides is 1. The number of aromatic nitrogens is 2. The van der Waals surface area contributed by atoms with Crippen molar-refractivity contribution in [3.05, 3.63) is 71.5 Å². The van der Waals surface area contributed by atoms with Crippen LogP contribution >= 0.6 is 0 Å². The topological polar surface area (TPSA) is 54.9 Å². The molecule has 0 saturated carbocycles. The van der Waals surface area contributed by atoms with Gasteiger partial charge in [0, 0.05) is 5.56 Å². The highest BCUT2D eigenvalue weighted by Crippen LogP contribution is 2.29. The van der Waals surface area contributed by atoms with Crippen molar-refractivity contribution in [1.29, 1.82) is 0 Å². The van der Waals surface area contributed by atoms with E-state index in [0.29, 0.717) is 11.2 Å². The average molecular weight is 331 g/mol. The van der Waals surface area contributed by atoms with Crippen molar-refractivity contribution in [2.45, 2.75) is 12.7 Å². The Bertz CT molecular complexity index is 876. The molecule has 0 aliphatic rings. The number of halogens is 3. The molecule has 0 fully saturated rings. The Morgan fingerprint density at radius 1 is 1.00 bits per heavy atom. The summed E-state index contributed by atoms with van der Waals surface area (Å²) in [4.78, 5) is 20.6. The number of hydrogen-bond donors (Lipinski definition) is 1. The molecule has 0 unspecified atom stereocenters. The monoisotopic (exact) mass is 331 g/mol. The Kier molecular flexibility index (Phi) is 4.16. The first-order valence-electron chi connectivity index (χ1n) is 7.09. The second-order valence-corrected chi connectivity index (χ2v) is 5.11. The molecule has 24 heavy (non-hydrogen) atoms. The Hall–Kier alpha value is -2.96. The molecule has 3 aromatic rings. The van der Waals surface area contributed by atoms with E-state index in [-0.39, 0.29) is 12.1 Å². The van der Waals surface area contributed by atoms with Crippen LogP contribution in [0.25, 0.3) is 11.0 Å². The summed E-state index contributed by atoms with van der Waals surface area (Å²) in [6, 6.07) is 11.4. The number of carbonyl (C=O) groups excluding carboxylic acids is 1. The second kappa shape index (κ2) is 6.27. The van der Waals surface area contributed by atoms with E-state index < -0.39 is 17.6 Å². The van der Waals surface area contributed by atoms with Crippen molar-refractivity contribution in [3.8, 4) is 0 Å². The van der Waals surface area contributed by atoms with E-state index in [2.05, 4.69) is 15.3 Å². The van der Waals surface area contributed by atoms with E-state index >= 15 is 0 Å². The van der Waals surface area contributed by atoms with E-state index in [1.807, 2.05) is 24.3 Å². The maximum absolute atomic E-state index is 12.5. The predicted octanol–water partition coefficient (Wildman–Crippen LogP) is 3.58. The number of carbonyl (C=O) groups is 1. The van der Waals surface area contributed by atoms with Gasteiger partial charge in [-0.1, -0.05) is 12.1 Å². The van der Waals surface area contributed by atoms with Crippen LogP contribution in [0, 0.1) is 0 Å². The molecule has 1 N–H and O–H groups in total. The van der Waals surface area contributed by atoms with Gasteiger partial charge in [-0.15, -0.1) is 0 Å². The normalized spacial score (nSPS) is 11.5. The van der Waals surface area contributed by atoms with Gasteiger partial charge in [-0.25, -0.2) is 4.98 Å². The summed E-state index contributed by atoms with van der Waals surface area (Å²) in [6.07, 6.45) is -2.87. The number of alkyl halides is 3. The first-order valence-corrected chi connectivity index (χ1v) is 7.09. The van der Waals surface area contributed by atoms with Gasteiger partial charge in [0.2, 0.25) is 0 Å². The van der Waals surface area contributed by atoms with Crippen LogP contribution in [-0.2, 0) is 12.7 Å². The number of rotatable bonds is 3. The number of nitrogens with one attached hydrogen (secondary N) is 1. The van der Waals surface area contributed by atoms with E-state index in [9.17, 15) is 18.0 Å². The molecule has 0 spiro atoms. The molecule has 0 bridgehead atoms. The standard InChI is InChI=1S/C17H12F3N3O/c18-17(19,20)12-7-5-11(6-8-12)16(24)22-10-13-9-21-14-3-1-2-4-15(14)23-13/h1-9H,10H2,(H,22,24). The summed E-state index contributed by atoms with van der Waals surface area (Å²) in [5, 5.41) is 2.62. The molecule has 0 saturated heterocycles. The molecular weight excluding hydrogens is 319 g/mol. The van der Waals surface area contributed by atoms with Crippen LogP contribution in [0.3, 0.4) is 0 Å². The zero-order chi connectivity index (χ0) is 17.2. The highest BCUT2D eigenvalue weighted by atomic mass is 19.4. The van der Waals surface area contributed by atoms with E-state index in [1.54, 1.807) is 6.20 Å². The van der Waals surface area contributed by atoms with E-state index in [0.717, 1.165) is 29.8 Å². The summed E-state index contributed by atoms with van der Waals surface area (Å²) in [5.74, 6) is -0.473. The molecule has 3 rings (SSSR count).